The van der Waals surface area contributed by atoms with Crippen molar-refractivity contribution in [2.45, 2.75) is 31.2 Å². The Bertz CT molecular complexity index is 731. The van der Waals surface area contributed by atoms with Gasteiger partial charge in [-0.05, 0) is 43.5 Å². The Balaban J connectivity index is 2.26. The molecule has 0 aliphatic heterocycles. The molecule has 0 aliphatic carbocycles. The Hall–Kier alpha value is -1.65. The number of hydrogen-bond donors (Lipinski definition) is 1. The van der Waals surface area contributed by atoms with Crippen molar-refractivity contribution < 1.29 is 8.42 Å². The van der Waals surface area contributed by atoms with Gasteiger partial charge in [0.1, 0.15) is 0 Å². The van der Waals surface area contributed by atoms with Gasteiger partial charge in [-0.2, -0.15) is 0 Å². The molecule has 112 valence electrons. The van der Waals surface area contributed by atoms with E-state index in [0.29, 0.717) is 11.3 Å². The smallest absolute Gasteiger partial charge is 0.175 e. The maximum atomic E-state index is 11.6. The third-order valence-electron chi connectivity index (χ3n) is 3.45. The molecule has 0 spiro atoms. The largest absolute Gasteiger partial charge is 0.324 e. The van der Waals surface area contributed by atoms with Crippen LogP contribution in [0.4, 0.5) is 0 Å². The van der Waals surface area contributed by atoms with Crippen molar-refractivity contribution >= 4 is 9.84 Å². The van der Waals surface area contributed by atoms with Crippen LogP contribution in [-0.2, 0) is 16.3 Å². The number of nitrogens with two attached hydrogens (primary N) is 1. The van der Waals surface area contributed by atoms with Crippen LogP contribution in [0, 0.1) is 13.8 Å². The molecule has 0 heterocycles. The Morgan fingerprint density at radius 3 is 2.24 bits per heavy atom. The summed E-state index contributed by atoms with van der Waals surface area (Å²) < 4.78 is 23.2. The fourth-order valence-electron chi connectivity index (χ4n) is 2.53. The topological polar surface area (TPSA) is 60.2 Å². The molecule has 2 aromatic carbocycles. The summed E-state index contributed by atoms with van der Waals surface area (Å²) in [6, 6.07) is 13.0. The van der Waals surface area contributed by atoms with E-state index in [9.17, 15) is 8.42 Å². The molecule has 0 bridgehead atoms. The van der Waals surface area contributed by atoms with Gasteiger partial charge in [0, 0.05) is 12.3 Å². The predicted molar refractivity (Wildman–Crippen MR) is 86.1 cm³/mol. The minimum absolute atomic E-state index is 0.215. The molecule has 2 N–H and O–H groups in total. The number of sulfone groups is 1. The second kappa shape index (κ2) is 6.00. The minimum Gasteiger partial charge on any atom is -0.324 e. The lowest BCUT2D eigenvalue weighted by Gasteiger charge is -2.14. The molecular weight excluding hydrogens is 282 g/mol. The number of hydrogen-bond acceptors (Lipinski definition) is 3. The third kappa shape index (κ3) is 4.16. The van der Waals surface area contributed by atoms with Crippen LogP contribution in [0.15, 0.2) is 47.4 Å². The van der Waals surface area contributed by atoms with Crippen molar-refractivity contribution in [3.8, 4) is 0 Å². The molecule has 21 heavy (non-hydrogen) atoms. The molecular formula is C17H21NO2S. The zero-order chi connectivity index (χ0) is 15.6. The van der Waals surface area contributed by atoms with E-state index in [4.69, 9.17) is 5.73 Å². The molecule has 0 aromatic heterocycles. The minimum atomic E-state index is -3.20. The van der Waals surface area contributed by atoms with Crippen molar-refractivity contribution in [3.63, 3.8) is 0 Å². The van der Waals surface area contributed by atoms with Crippen molar-refractivity contribution in [2.75, 3.05) is 6.26 Å². The first-order valence-corrected chi connectivity index (χ1v) is 8.77. The molecule has 4 heteroatoms. The zero-order valence-corrected chi connectivity index (χ0v) is 13.4. The summed E-state index contributed by atoms with van der Waals surface area (Å²) in [5.74, 6) is 0. The van der Waals surface area contributed by atoms with Gasteiger partial charge >= 0.3 is 0 Å². The van der Waals surface area contributed by atoms with Crippen LogP contribution in [0.25, 0.3) is 0 Å². The van der Waals surface area contributed by atoms with Crippen molar-refractivity contribution in [3.05, 3.63) is 64.7 Å². The molecule has 2 aromatic rings. The van der Waals surface area contributed by atoms with Gasteiger partial charge in [-0.1, -0.05) is 41.5 Å². The highest BCUT2D eigenvalue weighted by Crippen LogP contribution is 2.21. The van der Waals surface area contributed by atoms with Crippen LogP contribution in [0.3, 0.4) is 0 Å². The highest BCUT2D eigenvalue weighted by molar-refractivity contribution is 7.90. The van der Waals surface area contributed by atoms with Crippen molar-refractivity contribution in [2.24, 2.45) is 5.73 Å². The molecule has 3 nitrogen and oxygen atoms in total. The average Bonchev–Trinajstić information content (AvgIpc) is 2.36. The molecule has 0 fully saturated rings. The van der Waals surface area contributed by atoms with Gasteiger partial charge in [0.2, 0.25) is 0 Å². The lowest BCUT2D eigenvalue weighted by Crippen LogP contribution is -2.14. The molecule has 0 amide bonds. The lowest BCUT2D eigenvalue weighted by atomic mass is 9.97. The molecule has 0 saturated carbocycles. The first-order valence-electron chi connectivity index (χ1n) is 6.88. The Kier molecular flexibility index (Phi) is 4.49. The highest BCUT2D eigenvalue weighted by Gasteiger charge is 2.12. The van der Waals surface area contributed by atoms with Gasteiger partial charge in [-0.15, -0.1) is 0 Å². The second-order valence-electron chi connectivity index (χ2n) is 5.65. The highest BCUT2D eigenvalue weighted by atomic mass is 32.2. The van der Waals surface area contributed by atoms with E-state index < -0.39 is 9.84 Å². The van der Waals surface area contributed by atoms with E-state index in [1.807, 2.05) is 6.07 Å². The van der Waals surface area contributed by atoms with E-state index in [-0.39, 0.29) is 6.04 Å². The quantitative estimate of drug-likeness (QED) is 0.944. The van der Waals surface area contributed by atoms with E-state index in [1.54, 1.807) is 18.2 Å². The molecule has 1 atom stereocenters. The standard InChI is InChI=1S/C17H21NO2S/c1-12-7-13(2)9-14(8-12)10-17(18)15-5-4-6-16(11-15)21(3,19)20/h4-9,11,17H,10,18H2,1-3H3. The Morgan fingerprint density at radius 1 is 1.05 bits per heavy atom. The predicted octanol–water partition coefficient (Wildman–Crippen LogP) is 2.95. The number of rotatable bonds is 4. The summed E-state index contributed by atoms with van der Waals surface area (Å²) in [4.78, 5) is 0.316. The first kappa shape index (κ1) is 15.7. The van der Waals surface area contributed by atoms with E-state index in [1.165, 1.54) is 22.9 Å². The van der Waals surface area contributed by atoms with Gasteiger partial charge in [-0.25, -0.2) is 8.42 Å². The lowest BCUT2D eigenvalue weighted by molar-refractivity contribution is 0.601. The summed E-state index contributed by atoms with van der Waals surface area (Å²) in [5.41, 5.74) is 10.7. The maximum absolute atomic E-state index is 11.6. The zero-order valence-electron chi connectivity index (χ0n) is 12.6. The SMILES string of the molecule is Cc1cc(C)cc(CC(N)c2cccc(S(C)(=O)=O)c2)c1. The normalized spacial score (nSPS) is 13.1. The van der Waals surface area contributed by atoms with E-state index in [2.05, 4.69) is 32.0 Å². The molecule has 0 radical (unpaired) electrons. The first-order chi connectivity index (χ1) is 9.75. The van der Waals surface area contributed by atoms with Crippen molar-refractivity contribution in [1.29, 1.82) is 0 Å². The maximum Gasteiger partial charge on any atom is 0.175 e. The summed E-state index contributed by atoms with van der Waals surface area (Å²) >= 11 is 0. The third-order valence-corrected chi connectivity index (χ3v) is 4.56. The van der Waals surface area contributed by atoms with Gasteiger partial charge in [-0.3, -0.25) is 0 Å². The van der Waals surface area contributed by atoms with E-state index in [0.717, 1.165) is 5.56 Å². The van der Waals surface area contributed by atoms with E-state index >= 15 is 0 Å². The van der Waals surface area contributed by atoms with Crippen LogP contribution in [0.5, 0.6) is 0 Å². The second-order valence-corrected chi connectivity index (χ2v) is 7.67. The molecule has 0 aliphatic rings. The molecule has 2 rings (SSSR count). The summed E-state index contributed by atoms with van der Waals surface area (Å²) in [7, 11) is -3.20. The van der Waals surface area contributed by atoms with Crippen LogP contribution in [-0.4, -0.2) is 14.7 Å². The van der Waals surface area contributed by atoms with Crippen LogP contribution >= 0.6 is 0 Å². The van der Waals surface area contributed by atoms with Crippen molar-refractivity contribution in [1.82, 2.24) is 0 Å². The van der Waals surface area contributed by atoms with Crippen LogP contribution in [0.2, 0.25) is 0 Å². The fraction of sp³-hybridized carbons (Fsp3) is 0.294. The monoisotopic (exact) mass is 303 g/mol. The van der Waals surface area contributed by atoms with Gasteiger partial charge in [0.05, 0.1) is 4.90 Å². The Morgan fingerprint density at radius 2 is 1.67 bits per heavy atom. The average molecular weight is 303 g/mol. The summed E-state index contributed by atoms with van der Waals surface area (Å²) in [5, 5.41) is 0. The number of aryl methyl sites for hydroxylation is 2. The van der Waals surface area contributed by atoms with Gasteiger partial charge in [0.25, 0.3) is 0 Å². The van der Waals surface area contributed by atoms with Gasteiger partial charge < -0.3 is 5.73 Å². The van der Waals surface area contributed by atoms with Crippen LogP contribution in [0.1, 0.15) is 28.3 Å². The fourth-order valence-corrected chi connectivity index (χ4v) is 3.21. The molecule has 0 saturated heterocycles. The van der Waals surface area contributed by atoms with Gasteiger partial charge in [0.15, 0.2) is 9.84 Å². The summed E-state index contributed by atoms with van der Waals surface area (Å²) in [6.07, 6.45) is 1.90. The van der Waals surface area contributed by atoms with Crippen LogP contribution < -0.4 is 5.73 Å². The Labute approximate surface area is 126 Å². The number of benzene rings is 2. The summed E-state index contributed by atoms with van der Waals surface area (Å²) in [6.45, 7) is 4.12. The molecule has 1 unspecified atom stereocenters.